The molecule has 0 amide bonds. The molecule has 0 bridgehead atoms. The molecule has 1 aromatic rings. The van der Waals surface area contributed by atoms with Gasteiger partial charge in [-0.3, -0.25) is 19.8 Å². The molecule has 3 atom stereocenters. The fraction of sp³-hybridized carbons (Fsp3) is 0.533. The van der Waals surface area contributed by atoms with E-state index in [9.17, 15) is 20.0 Å². The van der Waals surface area contributed by atoms with Crippen LogP contribution in [0.3, 0.4) is 0 Å². The van der Waals surface area contributed by atoms with Crippen molar-refractivity contribution in [3.05, 3.63) is 39.9 Å². The Morgan fingerprint density at radius 2 is 2.10 bits per heavy atom. The Bertz CT molecular complexity index is 546. The van der Waals surface area contributed by atoms with Crippen LogP contribution in [0.2, 0.25) is 0 Å². The molecule has 1 aromatic carbocycles. The summed E-state index contributed by atoms with van der Waals surface area (Å²) in [5.41, 5.74) is 0.732. The Kier molecular flexibility index (Phi) is 4.57. The standard InChI is InChI=1S/C15H20N2O4/c1-10-7-12(15(18)19)9-16(8-10)11(2)13-5-3-4-6-14(13)17(20)21/h3-6,10-12H,7-9H2,1-2H3,(H,18,19). The molecule has 21 heavy (non-hydrogen) atoms. The maximum Gasteiger partial charge on any atom is 0.307 e. The minimum absolute atomic E-state index is 0.0927. The summed E-state index contributed by atoms with van der Waals surface area (Å²) < 4.78 is 0. The van der Waals surface area contributed by atoms with Crippen molar-refractivity contribution in [2.24, 2.45) is 11.8 Å². The Morgan fingerprint density at radius 1 is 1.43 bits per heavy atom. The molecule has 0 aliphatic carbocycles. The molecular weight excluding hydrogens is 272 g/mol. The van der Waals surface area contributed by atoms with Gasteiger partial charge in [0.25, 0.3) is 5.69 Å². The molecule has 2 rings (SSSR count). The molecule has 0 aromatic heterocycles. The van der Waals surface area contributed by atoms with Crippen LogP contribution in [0.4, 0.5) is 5.69 Å². The van der Waals surface area contributed by atoms with Gasteiger partial charge in [0.15, 0.2) is 0 Å². The number of aliphatic carboxylic acids is 1. The van der Waals surface area contributed by atoms with E-state index in [1.54, 1.807) is 18.2 Å². The van der Waals surface area contributed by atoms with Crippen molar-refractivity contribution in [1.82, 2.24) is 4.90 Å². The molecular formula is C15H20N2O4. The second kappa shape index (κ2) is 6.22. The van der Waals surface area contributed by atoms with Gasteiger partial charge < -0.3 is 5.11 Å². The Balaban J connectivity index is 2.25. The molecule has 1 aliphatic heterocycles. The zero-order valence-electron chi connectivity index (χ0n) is 12.2. The predicted molar refractivity (Wildman–Crippen MR) is 78.0 cm³/mol. The van der Waals surface area contributed by atoms with Gasteiger partial charge in [0.1, 0.15) is 0 Å². The summed E-state index contributed by atoms with van der Waals surface area (Å²) >= 11 is 0. The van der Waals surface area contributed by atoms with Gasteiger partial charge in [-0.05, 0) is 19.3 Å². The topological polar surface area (TPSA) is 83.7 Å². The minimum Gasteiger partial charge on any atom is -0.481 e. The summed E-state index contributed by atoms with van der Waals surface area (Å²) in [7, 11) is 0. The monoisotopic (exact) mass is 292 g/mol. The predicted octanol–water partition coefficient (Wildman–Crippen LogP) is 2.70. The zero-order chi connectivity index (χ0) is 15.6. The van der Waals surface area contributed by atoms with E-state index in [1.165, 1.54) is 6.07 Å². The number of carboxylic acid groups (broad SMARTS) is 1. The highest BCUT2D eigenvalue weighted by Crippen LogP contribution is 2.33. The summed E-state index contributed by atoms with van der Waals surface area (Å²) in [5.74, 6) is -0.926. The van der Waals surface area contributed by atoms with E-state index >= 15 is 0 Å². The van der Waals surface area contributed by atoms with Crippen molar-refractivity contribution in [1.29, 1.82) is 0 Å². The average molecular weight is 292 g/mol. The zero-order valence-corrected chi connectivity index (χ0v) is 12.2. The van der Waals surface area contributed by atoms with Gasteiger partial charge in [-0.1, -0.05) is 25.1 Å². The van der Waals surface area contributed by atoms with Crippen molar-refractivity contribution in [3.8, 4) is 0 Å². The fourth-order valence-corrected chi connectivity index (χ4v) is 3.09. The van der Waals surface area contributed by atoms with Crippen LogP contribution >= 0.6 is 0 Å². The molecule has 0 radical (unpaired) electrons. The third-order valence-corrected chi connectivity index (χ3v) is 4.17. The van der Waals surface area contributed by atoms with E-state index < -0.39 is 11.9 Å². The van der Waals surface area contributed by atoms with E-state index in [2.05, 4.69) is 0 Å². The minimum atomic E-state index is -0.790. The Hall–Kier alpha value is -1.95. The summed E-state index contributed by atoms with van der Waals surface area (Å²) in [5, 5.41) is 20.4. The second-order valence-corrected chi connectivity index (χ2v) is 5.82. The van der Waals surface area contributed by atoms with Crippen molar-refractivity contribution >= 4 is 11.7 Å². The molecule has 6 nitrogen and oxygen atoms in total. The number of rotatable bonds is 4. The largest absolute Gasteiger partial charge is 0.481 e. The number of carboxylic acids is 1. The van der Waals surface area contributed by atoms with E-state index in [4.69, 9.17) is 0 Å². The molecule has 0 spiro atoms. The van der Waals surface area contributed by atoms with Gasteiger partial charge in [-0.15, -0.1) is 0 Å². The summed E-state index contributed by atoms with van der Waals surface area (Å²) in [6, 6.07) is 6.50. The number of hydrogen-bond donors (Lipinski definition) is 1. The van der Waals surface area contributed by atoms with Gasteiger partial charge in [0, 0.05) is 30.8 Å². The van der Waals surface area contributed by atoms with Gasteiger partial charge in [0.05, 0.1) is 10.8 Å². The molecule has 0 saturated carbocycles. The molecule has 6 heteroatoms. The van der Waals surface area contributed by atoms with Gasteiger partial charge in [-0.2, -0.15) is 0 Å². The number of likely N-dealkylation sites (tertiary alicyclic amines) is 1. The normalized spacial score (nSPS) is 24.5. The molecule has 1 fully saturated rings. The van der Waals surface area contributed by atoms with Gasteiger partial charge in [0.2, 0.25) is 0 Å². The van der Waals surface area contributed by atoms with E-state index in [-0.39, 0.29) is 22.6 Å². The van der Waals surface area contributed by atoms with Crippen LogP contribution in [0.5, 0.6) is 0 Å². The average Bonchev–Trinajstić information content (AvgIpc) is 2.45. The van der Waals surface area contributed by atoms with Gasteiger partial charge in [-0.25, -0.2) is 0 Å². The summed E-state index contributed by atoms with van der Waals surface area (Å²) in [6.45, 7) is 5.12. The number of para-hydroxylation sites is 1. The first-order chi connectivity index (χ1) is 9.90. The first-order valence-corrected chi connectivity index (χ1v) is 7.10. The first kappa shape index (κ1) is 15.4. The Morgan fingerprint density at radius 3 is 2.71 bits per heavy atom. The summed E-state index contributed by atoms with van der Waals surface area (Å²) in [6.07, 6.45) is 0.662. The number of nitro benzene ring substituents is 1. The number of piperidine rings is 1. The van der Waals surface area contributed by atoms with Gasteiger partial charge >= 0.3 is 5.97 Å². The molecule has 1 saturated heterocycles. The third-order valence-electron chi connectivity index (χ3n) is 4.17. The molecule has 114 valence electrons. The quantitative estimate of drug-likeness (QED) is 0.681. The highest BCUT2D eigenvalue weighted by molar-refractivity contribution is 5.70. The second-order valence-electron chi connectivity index (χ2n) is 5.82. The lowest BCUT2D eigenvalue weighted by atomic mass is 9.88. The lowest BCUT2D eigenvalue weighted by Gasteiger charge is -2.38. The molecule has 1 N–H and O–H groups in total. The van der Waals surface area contributed by atoms with E-state index in [1.807, 2.05) is 18.7 Å². The fourth-order valence-electron chi connectivity index (χ4n) is 3.09. The lowest BCUT2D eigenvalue weighted by Crippen LogP contribution is -2.43. The SMILES string of the molecule is CC1CC(C(=O)O)CN(C(C)c2ccccc2[N+](=O)[O-])C1. The van der Waals surface area contributed by atoms with Crippen molar-refractivity contribution in [2.45, 2.75) is 26.3 Å². The number of hydrogen-bond acceptors (Lipinski definition) is 4. The van der Waals surface area contributed by atoms with E-state index in [0.717, 1.165) is 6.54 Å². The van der Waals surface area contributed by atoms with Crippen LogP contribution in [0.15, 0.2) is 24.3 Å². The molecule has 3 unspecified atom stereocenters. The maximum absolute atomic E-state index is 11.2. The lowest BCUT2D eigenvalue weighted by molar-refractivity contribution is -0.386. The van der Waals surface area contributed by atoms with Crippen LogP contribution in [0, 0.1) is 22.0 Å². The van der Waals surface area contributed by atoms with Crippen LogP contribution in [-0.4, -0.2) is 34.0 Å². The van der Waals surface area contributed by atoms with Crippen molar-refractivity contribution in [3.63, 3.8) is 0 Å². The highest BCUT2D eigenvalue weighted by atomic mass is 16.6. The summed E-state index contributed by atoms with van der Waals surface area (Å²) in [4.78, 5) is 24.0. The van der Waals surface area contributed by atoms with Crippen LogP contribution < -0.4 is 0 Å². The highest BCUT2D eigenvalue weighted by Gasteiger charge is 2.33. The van der Waals surface area contributed by atoms with Crippen LogP contribution in [0.25, 0.3) is 0 Å². The number of nitro groups is 1. The first-order valence-electron chi connectivity index (χ1n) is 7.10. The van der Waals surface area contributed by atoms with Crippen molar-refractivity contribution < 1.29 is 14.8 Å². The number of benzene rings is 1. The Labute approximate surface area is 123 Å². The molecule has 1 heterocycles. The van der Waals surface area contributed by atoms with Crippen LogP contribution in [0.1, 0.15) is 31.9 Å². The molecule has 1 aliphatic rings. The number of nitrogens with zero attached hydrogens (tertiary/aromatic N) is 2. The maximum atomic E-state index is 11.2. The number of carbonyl (C=O) groups is 1. The van der Waals surface area contributed by atoms with E-state index in [0.29, 0.717) is 18.5 Å². The third kappa shape index (κ3) is 3.39. The smallest absolute Gasteiger partial charge is 0.307 e. The van der Waals surface area contributed by atoms with Crippen molar-refractivity contribution in [2.75, 3.05) is 13.1 Å². The van der Waals surface area contributed by atoms with Crippen LogP contribution in [-0.2, 0) is 4.79 Å².